The lowest BCUT2D eigenvalue weighted by molar-refractivity contribution is 0.670. The van der Waals surface area contributed by atoms with Crippen molar-refractivity contribution in [2.45, 2.75) is 0 Å². The van der Waals surface area contributed by atoms with Crippen LogP contribution in [0.5, 0.6) is 0 Å². The van der Waals surface area contributed by atoms with Crippen LogP contribution in [-0.2, 0) is 0 Å². The van der Waals surface area contributed by atoms with Gasteiger partial charge in [-0.1, -0.05) is 158 Å². The summed E-state index contributed by atoms with van der Waals surface area (Å²) >= 11 is 1.80. The van der Waals surface area contributed by atoms with Crippen LogP contribution in [0.25, 0.3) is 110 Å². The van der Waals surface area contributed by atoms with Crippen molar-refractivity contribution < 1.29 is 4.42 Å². The van der Waals surface area contributed by atoms with E-state index in [1.54, 1.807) is 11.3 Å². The van der Waals surface area contributed by atoms with Crippen molar-refractivity contribution in [3.05, 3.63) is 188 Å². The first-order chi connectivity index (χ1) is 27.7. The van der Waals surface area contributed by atoms with Crippen LogP contribution in [0.2, 0.25) is 0 Å². The molecule has 3 aromatic heterocycles. The van der Waals surface area contributed by atoms with Gasteiger partial charge in [0.1, 0.15) is 11.2 Å². The molecule has 0 bridgehead atoms. The monoisotopic (exact) mass is 733 g/mol. The average molecular weight is 734 g/mol. The molecule has 0 spiro atoms. The second kappa shape index (κ2) is 13.3. The van der Waals surface area contributed by atoms with E-state index in [4.69, 9.17) is 19.4 Å². The molecule has 5 heteroatoms. The third-order valence-corrected chi connectivity index (χ3v) is 11.7. The molecule has 3 heterocycles. The first-order valence-corrected chi connectivity index (χ1v) is 19.5. The Bertz CT molecular complexity index is 3240. The number of aromatic nitrogens is 3. The topological polar surface area (TPSA) is 51.8 Å². The maximum absolute atomic E-state index is 6.64. The molecule has 0 unspecified atom stereocenters. The summed E-state index contributed by atoms with van der Waals surface area (Å²) in [6, 6.07) is 65.6. The maximum atomic E-state index is 6.64. The summed E-state index contributed by atoms with van der Waals surface area (Å²) in [5.74, 6) is 1.92. The van der Waals surface area contributed by atoms with E-state index in [1.807, 2.05) is 48.5 Å². The van der Waals surface area contributed by atoms with E-state index in [1.165, 1.54) is 25.7 Å². The smallest absolute Gasteiger partial charge is 0.164 e. The molecule has 0 aliphatic rings. The Labute approximate surface area is 327 Å². The number of para-hydroxylation sites is 1. The quantitative estimate of drug-likeness (QED) is 0.171. The molecule has 11 rings (SSSR count). The largest absolute Gasteiger partial charge is 0.455 e. The highest BCUT2D eigenvalue weighted by Crippen LogP contribution is 2.46. The molecule has 0 saturated heterocycles. The number of furan rings is 1. The number of benzene rings is 8. The van der Waals surface area contributed by atoms with Gasteiger partial charge < -0.3 is 4.42 Å². The van der Waals surface area contributed by atoms with Gasteiger partial charge in [0.05, 0.1) is 0 Å². The fourth-order valence-corrected chi connectivity index (χ4v) is 9.08. The van der Waals surface area contributed by atoms with E-state index < -0.39 is 0 Å². The fourth-order valence-electron chi connectivity index (χ4n) is 7.91. The van der Waals surface area contributed by atoms with Crippen LogP contribution < -0.4 is 0 Å². The molecule has 11 aromatic rings. The Kier molecular flexibility index (Phi) is 7.64. The summed E-state index contributed by atoms with van der Waals surface area (Å²) in [5, 5.41) is 4.68. The third kappa shape index (κ3) is 5.48. The van der Waals surface area contributed by atoms with Crippen molar-refractivity contribution in [3.8, 4) is 67.5 Å². The van der Waals surface area contributed by atoms with Gasteiger partial charge in [-0.3, -0.25) is 0 Å². The van der Waals surface area contributed by atoms with E-state index >= 15 is 0 Å². The zero-order valence-corrected chi connectivity index (χ0v) is 30.9. The first-order valence-electron chi connectivity index (χ1n) is 18.7. The van der Waals surface area contributed by atoms with Crippen LogP contribution in [0.4, 0.5) is 0 Å². The van der Waals surface area contributed by atoms with Gasteiger partial charge in [-0.2, -0.15) is 0 Å². The van der Waals surface area contributed by atoms with Crippen molar-refractivity contribution in [1.29, 1.82) is 0 Å². The minimum Gasteiger partial charge on any atom is -0.455 e. The summed E-state index contributed by atoms with van der Waals surface area (Å²) in [5.41, 5.74) is 11.5. The summed E-state index contributed by atoms with van der Waals surface area (Å²) in [7, 11) is 0. The first kappa shape index (κ1) is 32.2. The molecular formula is C51H31N3OS. The number of rotatable bonds is 6. The number of nitrogens with zero attached hydrogens (tertiary/aromatic N) is 3. The Morgan fingerprint density at radius 1 is 0.339 bits per heavy atom. The zero-order chi connectivity index (χ0) is 37.0. The highest BCUT2D eigenvalue weighted by atomic mass is 32.1. The van der Waals surface area contributed by atoms with Gasteiger partial charge in [0.25, 0.3) is 0 Å². The van der Waals surface area contributed by atoms with Gasteiger partial charge in [-0.15, -0.1) is 11.3 Å². The molecule has 0 atom stereocenters. The molecule has 0 aliphatic carbocycles. The van der Waals surface area contributed by atoms with Crippen LogP contribution in [0.3, 0.4) is 0 Å². The molecule has 262 valence electrons. The van der Waals surface area contributed by atoms with Crippen molar-refractivity contribution in [1.82, 2.24) is 15.0 Å². The number of hydrogen-bond donors (Lipinski definition) is 0. The number of fused-ring (bicyclic) bond motifs is 6. The van der Waals surface area contributed by atoms with Gasteiger partial charge in [-0.25, -0.2) is 15.0 Å². The van der Waals surface area contributed by atoms with E-state index in [9.17, 15) is 0 Å². The lowest BCUT2D eigenvalue weighted by atomic mass is 9.92. The minimum atomic E-state index is 0.640. The maximum Gasteiger partial charge on any atom is 0.164 e. The van der Waals surface area contributed by atoms with E-state index in [0.29, 0.717) is 17.5 Å². The molecule has 0 fully saturated rings. The summed E-state index contributed by atoms with van der Waals surface area (Å²) in [4.78, 5) is 15.2. The van der Waals surface area contributed by atoms with Crippen molar-refractivity contribution >= 4 is 53.4 Å². The van der Waals surface area contributed by atoms with Gasteiger partial charge in [0, 0.05) is 53.2 Å². The van der Waals surface area contributed by atoms with Crippen molar-refractivity contribution in [2.24, 2.45) is 0 Å². The second-order valence-corrected chi connectivity index (χ2v) is 15.0. The van der Waals surface area contributed by atoms with Crippen LogP contribution in [0.1, 0.15) is 0 Å². The molecule has 0 saturated carbocycles. The number of hydrogen-bond acceptors (Lipinski definition) is 5. The van der Waals surface area contributed by atoms with Crippen molar-refractivity contribution in [2.75, 3.05) is 0 Å². The highest BCUT2D eigenvalue weighted by Gasteiger charge is 2.21. The molecule has 8 aromatic carbocycles. The fraction of sp³-hybridized carbons (Fsp3) is 0. The predicted molar refractivity (Wildman–Crippen MR) is 233 cm³/mol. The summed E-state index contributed by atoms with van der Waals surface area (Å²) < 4.78 is 9.04. The molecule has 0 radical (unpaired) electrons. The van der Waals surface area contributed by atoms with E-state index in [-0.39, 0.29) is 0 Å². The van der Waals surface area contributed by atoms with Gasteiger partial charge in [-0.05, 0) is 58.1 Å². The average Bonchev–Trinajstić information content (AvgIpc) is 3.86. The molecular weight excluding hydrogens is 703 g/mol. The van der Waals surface area contributed by atoms with Crippen LogP contribution in [0.15, 0.2) is 192 Å². The van der Waals surface area contributed by atoms with E-state index in [0.717, 1.165) is 66.4 Å². The van der Waals surface area contributed by atoms with Crippen LogP contribution in [0, 0.1) is 0 Å². The highest BCUT2D eigenvalue weighted by molar-refractivity contribution is 7.26. The molecule has 56 heavy (non-hydrogen) atoms. The predicted octanol–water partition coefficient (Wildman–Crippen LogP) is 14.1. The Morgan fingerprint density at radius 3 is 1.68 bits per heavy atom. The van der Waals surface area contributed by atoms with Gasteiger partial charge in [0.2, 0.25) is 0 Å². The molecule has 0 aliphatic heterocycles. The van der Waals surface area contributed by atoms with Crippen LogP contribution in [-0.4, -0.2) is 15.0 Å². The van der Waals surface area contributed by atoms with E-state index in [2.05, 4.69) is 140 Å². The van der Waals surface area contributed by atoms with Crippen molar-refractivity contribution in [3.63, 3.8) is 0 Å². The van der Waals surface area contributed by atoms with Gasteiger partial charge in [0.15, 0.2) is 17.5 Å². The Hall–Kier alpha value is -7.21. The zero-order valence-electron chi connectivity index (χ0n) is 30.1. The SMILES string of the molecule is c1ccc(-c2cccc(-c3nc(-c4ccccc4)nc(-c4ccc5c(c4)sc4cccc(-c6ccc(-c7ccccc7)c7oc8ccccc8c67)c45)n3)c2)cc1. The normalized spacial score (nSPS) is 11.6. The summed E-state index contributed by atoms with van der Waals surface area (Å²) in [6.45, 7) is 0. The summed E-state index contributed by atoms with van der Waals surface area (Å²) in [6.07, 6.45) is 0. The molecule has 4 nitrogen and oxygen atoms in total. The Morgan fingerprint density at radius 2 is 0.911 bits per heavy atom. The second-order valence-electron chi connectivity index (χ2n) is 13.9. The Balaban J connectivity index is 1.08. The minimum absolute atomic E-state index is 0.640. The molecule has 0 N–H and O–H groups in total. The number of thiophene rings is 1. The third-order valence-electron chi connectivity index (χ3n) is 10.6. The lowest BCUT2D eigenvalue weighted by Crippen LogP contribution is -2.00. The standard InChI is InChI=1S/C51H31N3OS/c1-4-14-32(15-5-1)35-20-12-21-36(30-35)50-52-49(34-18-8-3-9-19-34)53-51(54-50)37-26-27-42-45(31-37)56-44-25-13-23-39(46(42)44)40-29-28-38(33-16-6-2-7-17-33)48-47(40)41-22-10-11-24-43(41)55-48/h1-31H. The lowest BCUT2D eigenvalue weighted by Gasteiger charge is -2.11. The van der Waals surface area contributed by atoms with Crippen LogP contribution >= 0.6 is 11.3 Å². The van der Waals surface area contributed by atoms with Gasteiger partial charge >= 0.3 is 0 Å². The molecule has 0 amide bonds.